The summed E-state index contributed by atoms with van der Waals surface area (Å²) in [6.07, 6.45) is 2.37. The highest BCUT2D eigenvalue weighted by atomic mass is 19.1. The lowest BCUT2D eigenvalue weighted by atomic mass is 10.1. The summed E-state index contributed by atoms with van der Waals surface area (Å²) in [7, 11) is 0. The second kappa shape index (κ2) is 4.40. The molecule has 0 N–H and O–H groups in total. The average molecular weight is 186 g/mol. The molecule has 3 heteroatoms. The summed E-state index contributed by atoms with van der Waals surface area (Å²) < 4.78 is 17.8. The van der Waals surface area contributed by atoms with E-state index in [9.17, 15) is 9.18 Å². The van der Waals surface area contributed by atoms with Crippen molar-refractivity contribution in [3.63, 3.8) is 0 Å². The van der Waals surface area contributed by atoms with Crippen LogP contribution in [0.3, 0.4) is 0 Å². The molecule has 0 aromatic rings. The van der Waals surface area contributed by atoms with Gasteiger partial charge in [-0.05, 0) is 37.7 Å². The molecule has 74 valence electrons. The van der Waals surface area contributed by atoms with Crippen LogP contribution in [0.25, 0.3) is 0 Å². The van der Waals surface area contributed by atoms with Crippen LogP contribution >= 0.6 is 0 Å². The van der Waals surface area contributed by atoms with Crippen molar-refractivity contribution in [2.45, 2.75) is 33.1 Å². The van der Waals surface area contributed by atoms with Crippen molar-refractivity contribution >= 4 is 5.97 Å². The van der Waals surface area contributed by atoms with Gasteiger partial charge in [0.15, 0.2) is 0 Å². The van der Waals surface area contributed by atoms with Crippen molar-refractivity contribution in [2.75, 3.05) is 6.61 Å². The lowest BCUT2D eigenvalue weighted by Crippen LogP contribution is -2.06. The molecule has 0 aromatic heterocycles. The second-order valence-electron chi connectivity index (χ2n) is 3.49. The number of allylic oxidation sites excluding steroid dienone is 1. The molecular formula is C10H15FO2. The van der Waals surface area contributed by atoms with Gasteiger partial charge in [-0.2, -0.15) is 4.39 Å². The van der Waals surface area contributed by atoms with E-state index < -0.39 is 11.8 Å². The summed E-state index contributed by atoms with van der Waals surface area (Å²) in [5.41, 5.74) is 0.631. The molecule has 0 spiro atoms. The van der Waals surface area contributed by atoms with E-state index in [1.165, 1.54) is 0 Å². The third-order valence-corrected chi connectivity index (χ3v) is 2.30. The molecule has 1 fully saturated rings. The average Bonchev–Trinajstić information content (AvgIpc) is 2.51. The summed E-state index contributed by atoms with van der Waals surface area (Å²) in [4.78, 5) is 11.0. The fourth-order valence-electron chi connectivity index (χ4n) is 1.58. The van der Waals surface area contributed by atoms with Crippen molar-refractivity contribution in [3.05, 3.63) is 11.4 Å². The van der Waals surface area contributed by atoms with E-state index in [2.05, 4.69) is 11.7 Å². The minimum Gasteiger partial charge on any atom is -0.461 e. The van der Waals surface area contributed by atoms with Crippen LogP contribution in [0.15, 0.2) is 11.4 Å². The van der Waals surface area contributed by atoms with E-state index in [-0.39, 0.29) is 6.61 Å². The van der Waals surface area contributed by atoms with Crippen molar-refractivity contribution in [1.29, 1.82) is 0 Å². The summed E-state index contributed by atoms with van der Waals surface area (Å²) in [6.45, 7) is 3.97. The molecular weight excluding hydrogens is 171 g/mol. The lowest BCUT2D eigenvalue weighted by molar-refractivity contribution is -0.140. The Balaban J connectivity index is 2.63. The quantitative estimate of drug-likeness (QED) is 0.489. The van der Waals surface area contributed by atoms with Crippen molar-refractivity contribution in [3.8, 4) is 0 Å². The fourth-order valence-corrected chi connectivity index (χ4v) is 1.58. The van der Waals surface area contributed by atoms with Crippen LogP contribution in [0.2, 0.25) is 0 Å². The van der Waals surface area contributed by atoms with Gasteiger partial charge in [0.25, 0.3) is 0 Å². The second-order valence-corrected chi connectivity index (χ2v) is 3.49. The number of carbonyl (C=O) groups is 1. The van der Waals surface area contributed by atoms with E-state index in [1.54, 1.807) is 6.92 Å². The summed E-state index contributed by atoms with van der Waals surface area (Å²) >= 11 is 0. The number of halogens is 1. The van der Waals surface area contributed by atoms with Gasteiger partial charge in [0.1, 0.15) is 0 Å². The molecule has 0 saturated heterocycles. The first-order valence-corrected chi connectivity index (χ1v) is 4.69. The zero-order chi connectivity index (χ0) is 9.84. The maximum atomic E-state index is 13.3. The van der Waals surface area contributed by atoms with Gasteiger partial charge in [-0.25, -0.2) is 4.79 Å². The molecule has 1 unspecified atom stereocenters. The van der Waals surface area contributed by atoms with Crippen LogP contribution in [0.4, 0.5) is 4.39 Å². The number of hydrogen-bond donors (Lipinski definition) is 0. The van der Waals surface area contributed by atoms with Crippen molar-refractivity contribution < 1.29 is 13.9 Å². The molecule has 13 heavy (non-hydrogen) atoms. The normalized spacial score (nSPS) is 25.9. The monoisotopic (exact) mass is 186 g/mol. The lowest BCUT2D eigenvalue weighted by Gasteiger charge is -2.01. The first-order chi connectivity index (χ1) is 6.15. The highest BCUT2D eigenvalue weighted by molar-refractivity contribution is 5.86. The maximum absolute atomic E-state index is 13.3. The van der Waals surface area contributed by atoms with Crippen LogP contribution in [-0.4, -0.2) is 12.6 Å². The Hall–Kier alpha value is -0.860. The molecule has 1 aliphatic rings. The minimum atomic E-state index is -0.799. The molecule has 0 aromatic carbocycles. The molecule has 1 atom stereocenters. The third kappa shape index (κ3) is 2.54. The van der Waals surface area contributed by atoms with Crippen LogP contribution in [0.5, 0.6) is 0 Å². The van der Waals surface area contributed by atoms with Gasteiger partial charge >= 0.3 is 5.97 Å². The highest BCUT2D eigenvalue weighted by Gasteiger charge is 2.23. The van der Waals surface area contributed by atoms with Crippen LogP contribution in [0, 0.1) is 5.92 Å². The zero-order valence-electron chi connectivity index (χ0n) is 8.10. The Morgan fingerprint density at radius 2 is 2.38 bits per heavy atom. The van der Waals surface area contributed by atoms with Gasteiger partial charge in [0.2, 0.25) is 5.83 Å². The zero-order valence-corrected chi connectivity index (χ0v) is 8.10. The Morgan fingerprint density at radius 1 is 1.69 bits per heavy atom. The smallest absolute Gasteiger partial charge is 0.367 e. The standard InChI is InChI=1S/C10H15FO2/c1-3-13-10(12)9(11)8-5-4-7(2)6-8/h7H,3-6H2,1-2H3/b9-8+. The molecule has 0 amide bonds. The predicted molar refractivity (Wildman–Crippen MR) is 47.8 cm³/mol. The van der Waals surface area contributed by atoms with Crippen LogP contribution in [-0.2, 0) is 9.53 Å². The molecule has 0 radical (unpaired) electrons. The number of carbonyl (C=O) groups excluding carboxylic acids is 1. The van der Waals surface area contributed by atoms with Crippen molar-refractivity contribution in [1.82, 2.24) is 0 Å². The van der Waals surface area contributed by atoms with Crippen LogP contribution in [0.1, 0.15) is 33.1 Å². The topological polar surface area (TPSA) is 26.3 Å². The SMILES string of the molecule is CCOC(=O)/C(F)=C1/CCC(C)C1. The first kappa shape index (κ1) is 10.2. The number of hydrogen-bond acceptors (Lipinski definition) is 2. The Morgan fingerprint density at radius 3 is 2.85 bits per heavy atom. The predicted octanol–water partition coefficient (Wildman–Crippen LogP) is 2.59. The Kier molecular flexibility index (Phi) is 3.46. The molecule has 1 saturated carbocycles. The maximum Gasteiger partial charge on any atom is 0.367 e. The fraction of sp³-hybridized carbons (Fsp3) is 0.700. The van der Waals surface area contributed by atoms with Crippen LogP contribution < -0.4 is 0 Å². The molecule has 0 bridgehead atoms. The Bertz CT molecular complexity index is 233. The van der Waals surface area contributed by atoms with Gasteiger partial charge in [0.05, 0.1) is 6.61 Å². The van der Waals surface area contributed by atoms with E-state index >= 15 is 0 Å². The first-order valence-electron chi connectivity index (χ1n) is 4.69. The van der Waals surface area contributed by atoms with Gasteiger partial charge in [-0.15, -0.1) is 0 Å². The summed E-state index contributed by atoms with van der Waals surface area (Å²) in [5, 5.41) is 0. The van der Waals surface area contributed by atoms with E-state index in [4.69, 9.17) is 0 Å². The third-order valence-electron chi connectivity index (χ3n) is 2.30. The highest BCUT2D eigenvalue weighted by Crippen LogP contribution is 2.32. The molecule has 2 nitrogen and oxygen atoms in total. The van der Waals surface area contributed by atoms with Gasteiger partial charge in [-0.1, -0.05) is 6.92 Å². The number of rotatable bonds is 2. The molecule has 0 aliphatic heterocycles. The minimum absolute atomic E-state index is 0.231. The van der Waals surface area contributed by atoms with Gasteiger partial charge in [0, 0.05) is 0 Å². The largest absolute Gasteiger partial charge is 0.461 e. The van der Waals surface area contributed by atoms with E-state index in [0.29, 0.717) is 24.3 Å². The summed E-state index contributed by atoms with van der Waals surface area (Å²) in [6, 6.07) is 0. The van der Waals surface area contributed by atoms with Crippen molar-refractivity contribution in [2.24, 2.45) is 5.92 Å². The molecule has 1 aliphatic carbocycles. The van der Waals surface area contributed by atoms with E-state index in [0.717, 1.165) is 6.42 Å². The molecule has 1 rings (SSSR count). The molecule has 0 heterocycles. The Labute approximate surface area is 77.8 Å². The number of esters is 1. The van der Waals surface area contributed by atoms with E-state index in [1.807, 2.05) is 0 Å². The van der Waals surface area contributed by atoms with Gasteiger partial charge in [-0.3, -0.25) is 0 Å². The van der Waals surface area contributed by atoms with Gasteiger partial charge < -0.3 is 4.74 Å². The summed E-state index contributed by atoms with van der Waals surface area (Å²) in [5.74, 6) is -0.965. The number of ether oxygens (including phenoxy) is 1.